The highest BCUT2D eigenvalue weighted by molar-refractivity contribution is 9.10. The molecular weight excluding hydrogens is 298 g/mol. The number of ether oxygens (including phenoxy) is 1. The van der Waals surface area contributed by atoms with Crippen LogP contribution in [0, 0.1) is 0 Å². The van der Waals surface area contributed by atoms with E-state index in [-0.39, 0.29) is 12.5 Å². The van der Waals surface area contributed by atoms with Crippen molar-refractivity contribution >= 4 is 21.8 Å². The molecule has 1 aromatic carbocycles. The van der Waals surface area contributed by atoms with E-state index in [1.54, 1.807) is 12.1 Å². The van der Waals surface area contributed by atoms with Gasteiger partial charge in [-0.1, -0.05) is 15.9 Å². The molecule has 0 atom stereocenters. The van der Waals surface area contributed by atoms with Crippen molar-refractivity contribution in [1.29, 1.82) is 0 Å². The van der Waals surface area contributed by atoms with Gasteiger partial charge in [-0.3, -0.25) is 4.79 Å². The van der Waals surface area contributed by atoms with Gasteiger partial charge in [-0.05, 0) is 31.0 Å². The molecule has 1 amide bonds. The lowest BCUT2D eigenvalue weighted by Crippen LogP contribution is -2.26. The Morgan fingerprint density at radius 3 is 2.94 bits per heavy atom. The second kappa shape index (κ2) is 6.20. The summed E-state index contributed by atoms with van der Waals surface area (Å²) in [4.78, 5) is 11.4. The molecule has 1 aromatic rings. The summed E-state index contributed by atoms with van der Waals surface area (Å²) in [5, 5.41) is 12.1. The van der Waals surface area contributed by atoms with E-state index in [1.165, 1.54) is 0 Å². The molecule has 0 aliphatic heterocycles. The molecule has 0 heterocycles. The van der Waals surface area contributed by atoms with Gasteiger partial charge in [0, 0.05) is 16.1 Å². The van der Waals surface area contributed by atoms with Crippen molar-refractivity contribution in [1.82, 2.24) is 5.32 Å². The summed E-state index contributed by atoms with van der Waals surface area (Å²) in [6, 6.07) is 5.82. The lowest BCUT2D eigenvalue weighted by molar-refractivity contribution is -0.121. The van der Waals surface area contributed by atoms with Crippen molar-refractivity contribution in [3.8, 4) is 5.75 Å². The zero-order valence-electron chi connectivity index (χ0n) is 9.99. The Hall–Kier alpha value is -1.07. The van der Waals surface area contributed by atoms with Gasteiger partial charge in [0.15, 0.2) is 0 Å². The number of aliphatic hydroxyl groups excluding tert-OH is 1. The highest BCUT2D eigenvalue weighted by atomic mass is 79.9. The van der Waals surface area contributed by atoms with Crippen molar-refractivity contribution in [2.45, 2.75) is 31.9 Å². The van der Waals surface area contributed by atoms with Gasteiger partial charge in [0.05, 0.1) is 19.6 Å². The van der Waals surface area contributed by atoms with Crippen LogP contribution in [0.1, 0.15) is 24.8 Å². The molecule has 0 radical (unpaired) electrons. The number of benzene rings is 1. The van der Waals surface area contributed by atoms with Crippen LogP contribution in [-0.4, -0.2) is 23.7 Å². The van der Waals surface area contributed by atoms with E-state index in [2.05, 4.69) is 21.2 Å². The first-order valence-electron chi connectivity index (χ1n) is 6.00. The molecule has 18 heavy (non-hydrogen) atoms. The zero-order chi connectivity index (χ0) is 13.0. The molecule has 98 valence electrons. The number of aliphatic hydroxyl groups is 1. The minimum atomic E-state index is -0.0803. The highest BCUT2D eigenvalue weighted by Gasteiger charge is 2.22. The molecule has 5 heteroatoms. The first-order chi connectivity index (χ1) is 8.69. The molecule has 0 saturated heterocycles. The van der Waals surface area contributed by atoms with Crippen LogP contribution in [0.3, 0.4) is 0 Å². The standard InChI is InChI=1S/C13H16BrNO3/c14-10-1-4-12(9(7-10)8-16)18-6-5-13(17)15-11-2-3-11/h1,4,7,11,16H,2-3,5-6,8H2,(H,15,17). The van der Waals surface area contributed by atoms with Gasteiger partial charge < -0.3 is 15.2 Å². The monoisotopic (exact) mass is 313 g/mol. The summed E-state index contributed by atoms with van der Waals surface area (Å²) in [6.07, 6.45) is 2.53. The maximum Gasteiger partial charge on any atom is 0.223 e. The second-order valence-electron chi connectivity index (χ2n) is 4.35. The summed E-state index contributed by atoms with van der Waals surface area (Å²) in [5.41, 5.74) is 0.715. The maximum atomic E-state index is 11.4. The predicted octanol–water partition coefficient (Wildman–Crippen LogP) is 1.99. The number of carbonyl (C=O) groups is 1. The molecule has 0 spiro atoms. The van der Waals surface area contributed by atoms with Gasteiger partial charge in [0.2, 0.25) is 5.91 Å². The molecule has 2 N–H and O–H groups in total. The molecule has 1 aliphatic rings. The molecule has 0 bridgehead atoms. The average molecular weight is 314 g/mol. The summed E-state index contributed by atoms with van der Waals surface area (Å²) in [5.74, 6) is 0.653. The Bertz CT molecular complexity index is 432. The third kappa shape index (κ3) is 3.99. The van der Waals surface area contributed by atoms with Crippen LogP contribution in [-0.2, 0) is 11.4 Å². The van der Waals surface area contributed by atoms with Gasteiger partial charge >= 0.3 is 0 Å². The fraction of sp³-hybridized carbons (Fsp3) is 0.462. The number of carbonyl (C=O) groups excluding carboxylic acids is 1. The van der Waals surface area contributed by atoms with Crippen molar-refractivity contribution in [2.75, 3.05) is 6.61 Å². The van der Waals surface area contributed by atoms with E-state index in [9.17, 15) is 9.90 Å². The molecule has 1 saturated carbocycles. The fourth-order valence-electron chi connectivity index (χ4n) is 1.59. The van der Waals surface area contributed by atoms with Crippen LogP contribution >= 0.6 is 15.9 Å². The lowest BCUT2D eigenvalue weighted by Gasteiger charge is -2.10. The Labute approximate surface area is 114 Å². The van der Waals surface area contributed by atoms with Crippen molar-refractivity contribution in [2.24, 2.45) is 0 Å². The number of halogens is 1. The molecule has 1 fully saturated rings. The van der Waals surface area contributed by atoms with E-state index < -0.39 is 0 Å². The normalized spacial score (nSPS) is 14.3. The van der Waals surface area contributed by atoms with E-state index >= 15 is 0 Å². The first kappa shape index (κ1) is 13.4. The van der Waals surface area contributed by atoms with Crippen LogP contribution in [0.2, 0.25) is 0 Å². The van der Waals surface area contributed by atoms with Crippen LogP contribution in [0.15, 0.2) is 22.7 Å². The first-order valence-corrected chi connectivity index (χ1v) is 6.80. The summed E-state index contributed by atoms with van der Waals surface area (Å²) < 4.78 is 6.41. The van der Waals surface area contributed by atoms with Gasteiger partial charge in [0.25, 0.3) is 0 Å². The third-order valence-electron chi connectivity index (χ3n) is 2.72. The molecule has 2 rings (SSSR count). The molecule has 1 aliphatic carbocycles. The average Bonchev–Trinajstić information content (AvgIpc) is 3.14. The predicted molar refractivity (Wildman–Crippen MR) is 71.3 cm³/mol. The third-order valence-corrected chi connectivity index (χ3v) is 3.22. The number of rotatable bonds is 6. The summed E-state index contributed by atoms with van der Waals surface area (Å²) in [6.45, 7) is 0.246. The number of amides is 1. The quantitative estimate of drug-likeness (QED) is 0.844. The minimum absolute atomic E-state index is 0.0279. The van der Waals surface area contributed by atoms with Crippen molar-refractivity contribution < 1.29 is 14.6 Å². The largest absolute Gasteiger partial charge is 0.493 e. The van der Waals surface area contributed by atoms with Crippen LogP contribution in [0.4, 0.5) is 0 Å². The van der Waals surface area contributed by atoms with Gasteiger partial charge in [-0.2, -0.15) is 0 Å². The van der Waals surface area contributed by atoms with Crippen LogP contribution in [0.25, 0.3) is 0 Å². The number of hydrogen-bond acceptors (Lipinski definition) is 3. The van der Waals surface area contributed by atoms with Crippen LogP contribution < -0.4 is 10.1 Å². The van der Waals surface area contributed by atoms with Crippen LogP contribution in [0.5, 0.6) is 5.75 Å². The molecule has 0 aromatic heterocycles. The Morgan fingerprint density at radius 2 is 2.28 bits per heavy atom. The maximum absolute atomic E-state index is 11.4. The lowest BCUT2D eigenvalue weighted by atomic mass is 10.2. The fourth-order valence-corrected chi connectivity index (χ4v) is 2.00. The zero-order valence-corrected chi connectivity index (χ0v) is 11.6. The minimum Gasteiger partial charge on any atom is -0.493 e. The molecule has 0 unspecified atom stereocenters. The van der Waals surface area contributed by atoms with Crippen molar-refractivity contribution in [3.63, 3.8) is 0 Å². The van der Waals surface area contributed by atoms with Gasteiger partial charge in [-0.15, -0.1) is 0 Å². The SMILES string of the molecule is O=C(CCOc1ccc(Br)cc1CO)NC1CC1. The summed E-state index contributed by atoms with van der Waals surface area (Å²) >= 11 is 3.33. The van der Waals surface area contributed by atoms with Gasteiger partial charge in [-0.25, -0.2) is 0 Å². The van der Waals surface area contributed by atoms with E-state index in [0.29, 0.717) is 30.4 Å². The highest BCUT2D eigenvalue weighted by Crippen LogP contribution is 2.23. The molecule has 4 nitrogen and oxygen atoms in total. The molecular formula is C13H16BrNO3. The van der Waals surface area contributed by atoms with E-state index in [4.69, 9.17) is 4.74 Å². The second-order valence-corrected chi connectivity index (χ2v) is 5.27. The van der Waals surface area contributed by atoms with Gasteiger partial charge in [0.1, 0.15) is 5.75 Å². The summed E-state index contributed by atoms with van der Waals surface area (Å²) in [7, 11) is 0. The topological polar surface area (TPSA) is 58.6 Å². The Balaban J connectivity index is 1.79. The van der Waals surface area contributed by atoms with E-state index in [0.717, 1.165) is 17.3 Å². The Morgan fingerprint density at radius 1 is 1.50 bits per heavy atom. The van der Waals surface area contributed by atoms with Crippen molar-refractivity contribution in [3.05, 3.63) is 28.2 Å². The smallest absolute Gasteiger partial charge is 0.223 e. The Kier molecular flexibility index (Phi) is 4.60. The number of nitrogens with one attached hydrogen (secondary N) is 1. The number of hydrogen-bond donors (Lipinski definition) is 2. The van der Waals surface area contributed by atoms with E-state index in [1.807, 2.05) is 6.07 Å².